The van der Waals surface area contributed by atoms with Crippen molar-refractivity contribution in [3.8, 4) is 11.5 Å². The van der Waals surface area contributed by atoms with Gasteiger partial charge in [-0.2, -0.15) is 0 Å². The van der Waals surface area contributed by atoms with Gasteiger partial charge in [0.2, 0.25) is 0 Å². The molecule has 0 saturated heterocycles. The summed E-state index contributed by atoms with van der Waals surface area (Å²) in [4.78, 5) is 11.5. The molecule has 3 aromatic rings. The summed E-state index contributed by atoms with van der Waals surface area (Å²) >= 11 is 0. The van der Waals surface area contributed by atoms with Gasteiger partial charge in [-0.25, -0.2) is 4.79 Å². The lowest BCUT2D eigenvalue weighted by Gasteiger charge is -2.16. The maximum absolute atomic E-state index is 11.5. The van der Waals surface area contributed by atoms with Crippen molar-refractivity contribution < 1.29 is 14.6 Å². The molecule has 1 unspecified atom stereocenters. The van der Waals surface area contributed by atoms with Crippen molar-refractivity contribution in [3.05, 3.63) is 90.5 Å². The number of anilines is 1. The summed E-state index contributed by atoms with van der Waals surface area (Å²) in [5.41, 5.74) is 1.72. The first-order valence-electron chi connectivity index (χ1n) is 8.07. The van der Waals surface area contributed by atoms with Crippen LogP contribution < -0.4 is 10.1 Å². The topological polar surface area (TPSA) is 58.6 Å². The van der Waals surface area contributed by atoms with E-state index in [1.807, 2.05) is 84.9 Å². The van der Waals surface area contributed by atoms with E-state index in [-0.39, 0.29) is 0 Å². The lowest BCUT2D eigenvalue weighted by Crippen LogP contribution is -2.31. The van der Waals surface area contributed by atoms with Gasteiger partial charge in [-0.15, -0.1) is 0 Å². The quantitative estimate of drug-likeness (QED) is 0.664. The Balaban J connectivity index is 1.65. The molecule has 4 nitrogen and oxygen atoms in total. The number of hydrogen-bond acceptors (Lipinski definition) is 3. The van der Waals surface area contributed by atoms with Crippen LogP contribution in [0.15, 0.2) is 84.9 Å². The molecule has 0 aliphatic rings. The first-order valence-corrected chi connectivity index (χ1v) is 8.07. The minimum atomic E-state index is -0.881. The van der Waals surface area contributed by atoms with Crippen LogP contribution in [0.5, 0.6) is 11.5 Å². The average Bonchev–Trinajstić information content (AvgIpc) is 2.64. The summed E-state index contributed by atoms with van der Waals surface area (Å²) < 4.78 is 5.74. The summed E-state index contributed by atoms with van der Waals surface area (Å²) in [6, 6.07) is 25.7. The molecule has 0 aliphatic carbocycles. The van der Waals surface area contributed by atoms with Crippen LogP contribution in [0.2, 0.25) is 0 Å². The lowest BCUT2D eigenvalue weighted by molar-refractivity contribution is -0.137. The first-order chi connectivity index (χ1) is 12.2. The number of ether oxygens (including phenoxy) is 1. The Hall–Kier alpha value is -3.27. The van der Waals surface area contributed by atoms with Crippen LogP contribution in [-0.2, 0) is 11.2 Å². The Labute approximate surface area is 146 Å². The predicted octanol–water partition coefficient (Wildman–Crippen LogP) is 4.59. The number of carboxylic acid groups (broad SMARTS) is 1. The molecule has 0 amide bonds. The zero-order chi connectivity index (χ0) is 17.5. The van der Waals surface area contributed by atoms with Crippen molar-refractivity contribution >= 4 is 11.7 Å². The normalized spacial score (nSPS) is 11.5. The van der Waals surface area contributed by atoms with E-state index in [9.17, 15) is 9.90 Å². The molecule has 0 spiro atoms. The van der Waals surface area contributed by atoms with Gasteiger partial charge in [0, 0.05) is 12.1 Å². The van der Waals surface area contributed by atoms with Gasteiger partial charge in [0.15, 0.2) is 0 Å². The largest absolute Gasteiger partial charge is 0.480 e. The fourth-order valence-corrected chi connectivity index (χ4v) is 2.49. The summed E-state index contributed by atoms with van der Waals surface area (Å²) in [5.74, 6) is 0.579. The molecular formula is C21H19NO3. The third-order valence-corrected chi connectivity index (χ3v) is 3.75. The maximum atomic E-state index is 11.5. The van der Waals surface area contributed by atoms with E-state index in [4.69, 9.17) is 4.74 Å². The summed E-state index contributed by atoms with van der Waals surface area (Å²) in [5, 5.41) is 12.5. The second kappa shape index (κ2) is 8.02. The average molecular weight is 333 g/mol. The Bertz CT molecular complexity index is 802. The monoisotopic (exact) mass is 333 g/mol. The minimum Gasteiger partial charge on any atom is -0.480 e. The van der Waals surface area contributed by atoms with E-state index in [0.717, 1.165) is 17.0 Å². The van der Waals surface area contributed by atoms with Crippen molar-refractivity contribution in [1.29, 1.82) is 0 Å². The second-order valence-electron chi connectivity index (χ2n) is 5.66. The van der Waals surface area contributed by atoms with Crippen molar-refractivity contribution in [3.63, 3.8) is 0 Å². The fourth-order valence-electron chi connectivity index (χ4n) is 2.49. The van der Waals surface area contributed by atoms with Crippen LogP contribution in [-0.4, -0.2) is 17.1 Å². The number of hydrogen-bond donors (Lipinski definition) is 2. The van der Waals surface area contributed by atoms with Crippen LogP contribution >= 0.6 is 0 Å². The summed E-state index contributed by atoms with van der Waals surface area (Å²) in [7, 11) is 0. The molecule has 2 N–H and O–H groups in total. The molecule has 25 heavy (non-hydrogen) atoms. The number of para-hydroxylation sites is 1. The molecule has 3 rings (SSSR count). The molecular weight excluding hydrogens is 314 g/mol. The van der Waals surface area contributed by atoms with Crippen LogP contribution in [0.25, 0.3) is 0 Å². The van der Waals surface area contributed by atoms with Gasteiger partial charge in [-0.05, 0) is 42.0 Å². The van der Waals surface area contributed by atoms with Gasteiger partial charge in [0.1, 0.15) is 17.5 Å². The van der Waals surface area contributed by atoms with Gasteiger partial charge in [0.25, 0.3) is 0 Å². The van der Waals surface area contributed by atoms with E-state index in [1.165, 1.54) is 0 Å². The highest BCUT2D eigenvalue weighted by Gasteiger charge is 2.17. The number of carbonyl (C=O) groups is 1. The molecule has 0 radical (unpaired) electrons. The third kappa shape index (κ3) is 4.85. The second-order valence-corrected chi connectivity index (χ2v) is 5.66. The predicted molar refractivity (Wildman–Crippen MR) is 98.2 cm³/mol. The number of aliphatic carboxylic acids is 1. The highest BCUT2D eigenvalue weighted by Crippen LogP contribution is 2.23. The van der Waals surface area contributed by atoms with Gasteiger partial charge >= 0.3 is 5.97 Å². The van der Waals surface area contributed by atoms with E-state index >= 15 is 0 Å². The van der Waals surface area contributed by atoms with Crippen molar-refractivity contribution in [1.82, 2.24) is 0 Å². The molecule has 4 heteroatoms. The van der Waals surface area contributed by atoms with Crippen LogP contribution in [0, 0.1) is 0 Å². The smallest absolute Gasteiger partial charge is 0.326 e. The van der Waals surface area contributed by atoms with Crippen LogP contribution in [0.1, 0.15) is 5.56 Å². The molecule has 0 saturated carbocycles. The number of benzene rings is 3. The van der Waals surface area contributed by atoms with Crippen molar-refractivity contribution in [2.24, 2.45) is 0 Å². The van der Waals surface area contributed by atoms with Crippen LogP contribution in [0.3, 0.4) is 0 Å². The maximum Gasteiger partial charge on any atom is 0.326 e. The van der Waals surface area contributed by atoms with Gasteiger partial charge in [0.05, 0.1) is 0 Å². The molecule has 0 heterocycles. The number of rotatable bonds is 7. The Kier molecular flexibility index (Phi) is 5.32. The molecule has 0 fully saturated rings. The van der Waals surface area contributed by atoms with E-state index in [2.05, 4.69) is 5.32 Å². The highest BCUT2D eigenvalue weighted by molar-refractivity contribution is 5.77. The SMILES string of the molecule is O=C(O)C(Cc1ccccc1)Nc1ccc(Oc2ccccc2)cc1. The minimum absolute atomic E-state index is 0.415. The summed E-state index contributed by atoms with van der Waals surface area (Å²) in [6.45, 7) is 0. The van der Waals surface area contributed by atoms with Gasteiger partial charge in [-0.3, -0.25) is 0 Å². The Morgan fingerprint density at radius 3 is 2.00 bits per heavy atom. The standard InChI is InChI=1S/C21H19NO3/c23-21(24)20(15-16-7-3-1-4-8-16)22-17-11-13-19(14-12-17)25-18-9-5-2-6-10-18/h1-14,20,22H,15H2,(H,23,24). The van der Waals surface area contributed by atoms with E-state index in [1.54, 1.807) is 0 Å². The van der Waals surface area contributed by atoms with Crippen molar-refractivity contribution in [2.75, 3.05) is 5.32 Å². The van der Waals surface area contributed by atoms with E-state index < -0.39 is 12.0 Å². The Morgan fingerprint density at radius 1 is 0.840 bits per heavy atom. The molecule has 0 aliphatic heterocycles. The van der Waals surface area contributed by atoms with Gasteiger partial charge in [-0.1, -0.05) is 48.5 Å². The molecule has 0 aromatic heterocycles. The van der Waals surface area contributed by atoms with Gasteiger partial charge < -0.3 is 15.2 Å². The summed E-state index contributed by atoms with van der Waals surface area (Å²) in [6.07, 6.45) is 0.415. The zero-order valence-corrected chi connectivity index (χ0v) is 13.6. The fraction of sp³-hybridized carbons (Fsp3) is 0.0952. The van der Waals surface area contributed by atoms with Crippen LogP contribution in [0.4, 0.5) is 5.69 Å². The third-order valence-electron chi connectivity index (χ3n) is 3.75. The van der Waals surface area contributed by atoms with Crippen molar-refractivity contribution in [2.45, 2.75) is 12.5 Å². The van der Waals surface area contributed by atoms with E-state index in [0.29, 0.717) is 12.2 Å². The Morgan fingerprint density at radius 2 is 1.40 bits per heavy atom. The molecule has 0 bridgehead atoms. The number of nitrogens with one attached hydrogen (secondary N) is 1. The molecule has 3 aromatic carbocycles. The molecule has 1 atom stereocenters. The lowest BCUT2D eigenvalue weighted by atomic mass is 10.1. The molecule has 126 valence electrons. The number of carboxylic acids is 1. The zero-order valence-electron chi connectivity index (χ0n) is 13.6. The highest BCUT2D eigenvalue weighted by atomic mass is 16.5. The first kappa shape index (κ1) is 16.6.